The molecular formula is C17H19ClN4O. The fraction of sp³-hybridized carbons (Fsp3) is 0.353. The van der Waals surface area contributed by atoms with Crippen molar-refractivity contribution in [3.05, 3.63) is 46.2 Å². The molecule has 0 bridgehead atoms. The molecule has 3 rings (SSSR count). The van der Waals surface area contributed by atoms with Gasteiger partial charge in [-0.1, -0.05) is 17.7 Å². The van der Waals surface area contributed by atoms with Crippen LogP contribution in [0.4, 0.5) is 11.6 Å². The minimum absolute atomic E-state index is 0.114. The number of hydrogen-bond acceptors (Lipinski definition) is 4. The Balaban J connectivity index is 2.03. The molecule has 0 radical (unpaired) electrons. The zero-order chi connectivity index (χ0) is 16.4. The first-order valence-electron chi connectivity index (χ1n) is 7.73. The van der Waals surface area contributed by atoms with Crippen LogP contribution in [0.5, 0.6) is 0 Å². The Bertz CT molecular complexity index is 747. The van der Waals surface area contributed by atoms with Crippen molar-refractivity contribution in [3.63, 3.8) is 0 Å². The highest BCUT2D eigenvalue weighted by Crippen LogP contribution is 2.32. The molecule has 1 aliphatic rings. The van der Waals surface area contributed by atoms with Gasteiger partial charge in [-0.3, -0.25) is 4.79 Å². The summed E-state index contributed by atoms with van der Waals surface area (Å²) in [5.74, 6) is 0.340. The molecule has 2 heterocycles. The molecule has 5 nitrogen and oxygen atoms in total. The van der Waals surface area contributed by atoms with Crippen LogP contribution in [0.3, 0.4) is 0 Å². The van der Waals surface area contributed by atoms with Crippen molar-refractivity contribution in [2.45, 2.75) is 26.2 Å². The average Bonchev–Trinajstić information content (AvgIpc) is 2.77. The minimum Gasteiger partial charge on any atom is -0.357 e. The molecule has 23 heavy (non-hydrogen) atoms. The zero-order valence-electron chi connectivity index (χ0n) is 13.3. The van der Waals surface area contributed by atoms with Crippen LogP contribution in [0.25, 0.3) is 0 Å². The van der Waals surface area contributed by atoms with E-state index in [0.717, 1.165) is 41.2 Å². The standard InChI is InChI=1S/C17H19ClN4O/c1-11-10-14(21-17(19-2)20-11)16(23)22-9-4-3-6-12-13(18)7-5-8-15(12)22/h5,7-8,10H,3-4,6,9H2,1-2H3,(H,19,20,21). The van der Waals surface area contributed by atoms with Crippen LogP contribution in [0.2, 0.25) is 5.02 Å². The Kier molecular flexibility index (Phi) is 4.48. The minimum atomic E-state index is -0.114. The van der Waals surface area contributed by atoms with Gasteiger partial charge in [-0.05, 0) is 49.9 Å². The lowest BCUT2D eigenvalue weighted by Crippen LogP contribution is -2.32. The normalized spacial score (nSPS) is 14.1. The average molecular weight is 331 g/mol. The molecule has 1 aromatic carbocycles. The van der Waals surface area contributed by atoms with E-state index in [-0.39, 0.29) is 5.91 Å². The summed E-state index contributed by atoms with van der Waals surface area (Å²) in [5, 5.41) is 3.61. The Hall–Kier alpha value is -2.14. The van der Waals surface area contributed by atoms with Crippen molar-refractivity contribution >= 4 is 29.1 Å². The number of aryl methyl sites for hydroxylation is 1. The van der Waals surface area contributed by atoms with E-state index in [1.54, 1.807) is 18.0 Å². The quantitative estimate of drug-likeness (QED) is 0.916. The number of hydrogen-bond donors (Lipinski definition) is 1. The van der Waals surface area contributed by atoms with Crippen LogP contribution in [-0.4, -0.2) is 29.5 Å². The lowest BCUT2D eigenvalue weighted by atomic mass is 10.1. The summed E-state index contributed by atoms with van der Waals surface area (Å²) in [5.41, 5.74) is 3.09. The number of rotatable bonds is 2. The van der Waals surface area contributed by atoms with E-state index in [1.807, 2.05) is 25.1 Å². The zero-order valence-corrected chi connectivity index (χ0v) is 14.0. The number of nitrogens with one attached hydrogen (secondary N) is 1. The van der Waals surface area contributed by atoms with Crippen LogP contribution < -0.4 is 10.2 Å². The van der Waals surface area contributed by atoms with Gasteiger partial charge in [0.05, 0.1) is 0 Å². The Morgan fingerprint density at radius 2 is 2.13 bits per heavy atom. The summed E-state index contributed by atoms with van der Waals surface area (Å²) in [6.45, 7) is 2.52. The van der Waals surface area contributed by atoms with Gasteiger partial charge in [0.25, 0.3) is 5.91 Å². The first-order valence-corrected chi connectivity index (χ1v) is 8.10. The van der Waals surface area contributed by atoms with Crippen LogP contribution in [0.1, 0.15) is 34.6 Å². The molecule has 0 saturated heterocycles. The second kappa shape index (κ2) is 6.54. The molecule has 1 amide bonds. The monoisotopic (exact) mass is 330 g/mol. The summed E-state index contributed by atoms with van der Waals surface area (Å²) in [4.78, 5) is 23.3. The van der Waals surface area contributed by atoms with Crippen molar-refractivity contribution in [2.75, 3.05) is 23.8 Å². The summed E-state index contributed by atoms with van der Waals surface area (Å²) in [6, 6.07) is 7.44. The molecular weight excluding hydrogens is 312 g/mol. The first-order chi connectivity index (χ1) is 11.1. The molecule has 2 aromatic rings. The predicted molar refractivity (Wildman–Crippen MR) is 92.4 cm³/mol. The molecule has 1 aliphatic heterocycles. The first kappa shape index (κ1) is 15.7. The van der Waals surface area contributed by atoms with Gasteiger partial charge >= 0.3 is 0 Å². The molecule has 0 fully saturated rings. The number of amides is 1. The van der Waals surface area contributed by atoms with Gasteiger partial charge in [0.2, 0.25) is 5.95 Å². The Morgan fingerprint density at radius 1 is 1.30 bits per heavy atom. The van der Waals surface area contributed by atoms with E-state index < -0.39 is 0 Å². The topological polar surface area (TPSA) is 58.1 Å². The van der Waals surface area contributed by atoms with Gasteiger partial charge in [0.1, 0.15) is 5.69 Å². The molecule has 1 aromatic heterocycles. The molecule has 0 atom stereocenters. The van der Waals surface area contributed by atoms with Gasteiger partial charge < -0.3 is 10.2 Å². The van der Waals surface area contributed by atoms with Gasteiger partial charge in [-0.2, -0.15) is 0 Å². The van der Waals surface area contributed by atoms with Crippen molar-refractivity contribution in [2.24, 2.45) is 0 Å². The second-order valence-electron chi connectivity index (χ2n) is 5.62. The van der Waals surface area contributed by atoms with Gasteiger partial charge in [-0.15, -0.1) is 0 Å². The number of halogens is 1. The number of benzene rings is 1. The predicted octanol–water partition coefficient (Wildman–Crippen LogP) is 3.46. The number of anilines is 2. The van der Waals surface area contributed by atoms with Crippen LogP contribution in [0, 0.1) is 6.92 Å². The van der Waals surface area contributed by atoms with Crippen molar-refractivity contribution < 1.29 is 4.79 Å². The third kappa shape index (κ3) is 3.15. The number of nitrogens with zero attached hydrogens (tertiary/aromatic N) is 3. The fourth-order valence-corrected chi connectivity index (χ4v) is 3.14. The van der Waals surface area contributed by atoms with E-state index in [2.05, 4.69) is 15.3 Å². The molecule has 120 valence electrons. The maximum atomic E-state index is 13.0. The SMILES string of the molecule is CNc1nc(C)cc(C(=O)N2CCCCc3c(Cl)cccc32)n1. The maximum absolute atomic E-state index is 13.0. The molecule has 6 heteroatoms. The van der Waals surface area contributed by atoms with E-state index in [0.29, 0.717) is 18.2 Å². The maximum Gasteiger partial charge on any atom is 0.277 e. The highest BCUT2D eigenvalue weighted by Gasteiger charge is 2.25. The van der Waals surface area contributed by atoms with Crippen molar-refractivity contribution in [3.8, 4) is 0 Å². The molecule has 0 unspecified atom stereocenters. The highest BCUT2D eigenvalue weighted by molar-refractivity contribution is 6.32. The van der Waals surface area contributed by atoms with Crippen LogP contribution in [-0.2, 0) is 6.42 Å². The van der Waals surface area contributed by atoms with Gasteiger partial charge in [0, 0.05) is 30.0 Å². The number of carbonyl (C=O) groups excluding carboxylic acids is 1. The van der Waals surface area contributed by atoms with E-state index in [9.17, 15) is 4.79 Å². The van der Waals surface area contributed by atoms with Gasteiger partial charge in [-0.25, -0.2) is 9.97 Å². The number of aromatic nitrogens is 2. The summed E-state index contributed by atoms with van der Waals surface area (Å²) < 4.78 is 0. The van der Waals surface area contributed by atoms with Crippen LogP contribution >= 0.6 is 11.6 Å². The van der Waals surface area contributed by atoms with E-state index >= 15 is 0 Å². The van der Waals surface area contributed by atoms with E-state index in [1.165, 1.54) is 0 Å². The number of carbonyl (C=O) groups is 1. The Labute approximate surface area is 140 Å². The lowest BCUT2D eigenvalue weighted by Gasteiger charge is -2.23. The van der Waals surface area contributed by atoms with E-state index in [4.69, 9.17) is 11.6 Å². The smallest absolute Gasteiger partial charge is 0.277 e. The van der Waals surface area contributed by atoms with Crippen LogP contribution in [0.15, 0.2) is 24.3 Å². The fourth-order valence-electron chi connectivity index (χ4n) is 2.88. The van der Waals surface area contributed by atoms with Crippen molar-refractivity contribution in [1.82, 2.24) is 9.97 Å². The highest BCUT2D eigenvalue weighted by atomic mass is 35.5. The number of fused-ring (bicyclic) bond motifs is 1. The third-order valence-electron chi connectivity index (χ3n) is 3.99. The summed E-state index contributed by atoms with van der Waals surface area (Å²) >= 11 is 6.33. The lowest BCUT2D eigenvalue weighted by molar-refractivity contribution is 0.0982. The molecule has 1 N–H and O–H groups in total. The summed E-state index contributed by atoms with van der Waals surface area (Å²) in [6.07, 6.45) is 2.86. The molecule has 0 saturated carbocycles. The third-order valence-corrected chi connectivity index (χ3v) is 4.34. The van der Waals surface area contributed by atoms with Gasteiger partial charge in [0.15, 0.2) is 0 Å². The molecule has 0 spiro atoms. The largest absolute Gasteiger partial charge is 0.357 e. The summed E-state index contributed by atoms with van der Waals surface area (Å²) in [7, 11) is 1.74. The second-order valence-corrected chi connectivity index (χ2v) is 6.03. The molecule has 0 aliphatic carbocycles. The Morgan fingerprint density at radius 3 is 2.91 bits per heavy atom. The van der Waals surface area contributed by atoms with Crippen molar-refractivity contribution in [1.29, 1.82) is 0 Å².